The smallest absolute Gasteiger partial charge is 0.404 e. The Morgan fingerprint density at radius 2 is 1.93 bits per heavy atom. The number of carbonyl (C=O) groups is 1. The Morgan fingerprint density at radius 3 is 2.40 bits per heavy atom. The number of benzene rings is 1. The van der Waals surface area contributed by atoms with E-state index in [0.29, 0.717) is 12.1 Å². The molecule has 15 heavy (non-hydrogen) atoms. The summed E-state index contributed by atoms with van der Waals surface area (Å²) in [6, 6.07) is 1.18. The number of aldehydes is 1. The van der Waals surface area contributed by atoms with Crippen molar-refractivity contribution >= 4 is 12.0 Å². The molecule has 0 radical (unpaired) electrons. The van der Waals surface area contributed by atoms with E-state index < -0.39 is 29.2 Å². The Morgan fingerprint density at radius 1 is 1.33 bits per heavy atom. The second-order valence-corrected chi connectivity index (χ2v) is 2.58. The van der Waals surface area contributed by atoms with Crippen LogP contribution in [-0.2, 0) is 0 Å². The first-order chi connectivity index (χ1) is 6.83. The lowest BCUT2D eigenvalue weighted by Crippen LogP contribution is -2.18. The SMILES string of the molecule is Nc1cc(F)c(C=O)cc1OC(F)(F)F. The Labute approximate surface area is 81.4 Å². The van der Waals surface area contributed by atoms with Crippen LogP contribution in [0.4, 0.5) is 23.2 Å². The van der Waals surface area contributed by atoms with Crippen LogP contribution in [0.5, 0.6) is 5.75 Å². The summed E-state index contributed by atoms with van der Waals surface area (Å²) in [5, 5.41) is 0. The molecule has 0 bridgehead atoms. The molecule has 1 aromatic rings. The van der Waals surface area contributed by atoms with E-state index in [1.807, 2.05) is 0 Å². The molecule has 0 amide bonds. The molecule has 82 valence electrons. The summed E-state index contributed by atoms with van der Waals surface area (Å²) in [6.07, 6.45) is -4.87. The number of carbonyl (C=O) groups excluding carboxylic acids is 1. The van der Waals surface area contributed by atoms with E-state index in [4.69, 9.17) is 5.73 Å². The van der Waals surface area contributed by atoms with Gasteiger partial charge >= 0.3 is 6.36 Å². The highest BCUT2D eigenvalue weighted by Crippen LogP contribution is 2.30. The summed E-state index contributed by atoms with van der Waals surface area (Å²) in [5.74, 6) is -1.80. The molecule has 0 unspecified atom stereocenters. The molecule has 0 fully saturated rings. The topological polar surface area (TPSA) is 52.3 Å². The standard InChI is InChI=1S/C8H5F4NO2/c9-5-2-6(13)7(1-4(5)3-14)15-8(10,11)12/h1-3H,13H2. The summed E-state index contributed by atoms with van der Waals surface area (Å²) < 4.78 is 51.7. The van der Waals surface area contributed by atoms with E-state index in [9.17, 15) is 22.4 Å². The van der Waals surface area contributed by atoms with Crippen molar-refractivity contribution in [1.29, 1.82) is 0 Å². The maximum absolute atomic E-state index is 12.8. The Kier molecular flexibility index (Phi) is 2.83. The normalized spacial score (nSPS) is 11.2. The molecule has 7 heteroatoms. The van der Waals surface area contributed by atoms with Crippen LogP contribution in [0.25, 0.3) is 0 Å². The van der Waals surface area contributed by atoms with Gasteiger partial charge in [-0.15, -0.1) is 13.2 Å². The second-order valence-electron chi connectivity index (χ2n) is 2.58. The molecule has 0 saturated carbocycles. The van der Waals surface area contributed by atoms with Gasteiger partial charge < -0.3 is 10.5 Å². The summed E-state index contributed by atoms with van der Waals surface area (Å²) in [4.78, 5) is 10.2. The zero-order chi connectivity index (χ0) is 11.6. The lowest BCUT2D eigenvalue weighted by atomic mass is 10.2. The highest BCUT2D eigenvalue weighted by atomic mass is 19.4. The van der Waals surface area contributed by atoms with Gasteiger partial charge in [0.25, 0.3) is 0 Å². The fourth-order valence-corrected chi connectivity index (χ4v) is 0.888. The van der Waals surface area contributed by atoms with Crippen molar-refractivity contribution in [2.75, 3.05) is 5.73 Å². The lowest BCUT2D eigenvalue weighted by Gasteiger charge is -2.11. The molecular weight excluding hydrogens is 218 g/mol. The predicted molar refractivity (Wildman–Crippen MR) is 42.9 cm³/mol. The van der Waals surface area contributed by atoms with Crippen molar-refractivity contribution in [2.24, 2.45) is 0 Å². The Bertz CT molecular complexity index is 389. The second kappa shape index (κ2) is 3.76. The van der Waals surface area contributed by atoms with Gasteiger partial charge in [0.05, 0.1) is 11.3 Å². The zero-order valence-corrected chi connectivity index (χ0v) is 7.14. The van der Waals surface area contributed by atoms with Gasteiger partial charge in [-0.2, -0.15) is 0 Å². The third kappa shape index (κ3) is 2.83. The average molecular weight is 223 g/mol. The number of alkyl halides is 3. The van der Waals surface area contributed by atoms with Gasteiger partial charge in [-0.1, -0.05) is 0 Å². The van der Waals surface area contributed by atoms with Crippen LogP contribution in [0.15, 0.2) is 12.1 Å². The number of rotatable bonds is 2. The van der Waals surface area contributed by atoms with E-state index >= 15 is 0 Å². The first-order valence-electron chi connectivity index (χ1n) is 3.63. The van der Waals surface area contributed by atoms with E-state index in [1.165, 1.54) is 0 Å². The van der Waals surface area contributed by atoms with E-state index in [-0.39, 0.29) is 6.29 Å². The van der Waals surface area contributed by atoms with Gasteiger partial charge in [-0.25, -0.2) is 4.39 Å². The predicted octanol–water partition coefficient (Wildman–Crippen LogP) is 2.12. The van der Waals surface area contributed by atoms with Crippen LogP contribution in [-0.4, -0.2) is 12.6 Å². The minimum atomic E-state index is -4.94. The number of ether oxygens (including phenoxy) is 1. The maximum atomic E-state index is 12.8. The van der Waals surface area contributed by atoms with Crippen molar-refractivity contribution in [3.8, 4) is 5.75 Å². The summed E-state index contributed by atoms with van der Waals surface area (Å²) in [6.45, 7) is 0. The van der Waals surface area contributed by atoms with Crippen molar-refractivity contribution in [3.05, 3.63) is 23.5 Å². The highest BCUT2D eigenvalue weighted by molar-refractivity contribution is 5.78. The van der Waals surface area contributed by atoms with Crippen molar-refractivity contribution < 1.29 is 27.1 Å². The summed E-state index contributed by atoms with van der Waals surface area (Å²) >= 11 is 0. The van der Waals surface area contributed by atoms with Crippen LogP contribution in [0.2, 0.25) is 0 Å². The number of hydrogen-bond donors (Lipinski definition) is 1. The molecule has 0 aliphatic rings. The number of nitrogens with two attached hydrogens (primary N) is 1. The molecule has 0 spiro atoms. The van der Waals surface area contributed by atoms with Crippen LogP contribution >= 0.6 is 0 Å². The molecule has 2 N–H and O–H groups in total. The minimum Gasteiger partial charge on any atom is -0.404 e. The number of hydrogen-bond acceptors (Lipinski definition) is 3. The van der Waals surface area contributed by atoms with Crippen molar-refractivity contribution in [3.63, 3.8) is 0 Å². The van der Waals surface area contributed by atoms with Gasteiger partial charge in [0.1, 0.15) is 5.82 Å². The third-order valence-corrected chi connectivity index (χ3v) is 1.48. The minimum absolute atomic E-state index is 0.0675. The largest absolute Gasteiger partial charge is 0.573 e. The van der Waals surface area contributed by atoms with Crippen LogP contribution in [0.3, 0.4) is 0 Å². The lowest BCUT2D eigenvalue weighted by molar-refractivity contribution is -0.274. The first-order valence-corrected chi connectivity index (χ1v) is 3.63. The Hall–Kier alpha value is -1.79. The number of nitrogen functional groups attached to an aromatic ring is 1. The van der Waals surface area contributed by atoms with Gasteiger partial charge in [-0.05, 0) is 6.07 Å². The van der Waals surface area contributed by atoms with Crippen molar-refractivity contribution in [1.82, 2.24) is 0 Å². The van der Waals surface area contributed by atoms with Gasteiger partial charge in [0.15, 0.2) is 12.0 Å². The van der Waals surface area contributed by atoms with E-state index in [1.54, 1.807) is 0 Å². The fourth-order valence-electron chi connectivity index (χ4n) is 0.888. The first kappa shape index (κ1) is 11.3. The Balaban J connectivity index is 3.13. The van der Waals surface area contributed by atoms with Crippen molar-refractivity contribution in [2.45, 2.75) is 6.36 Å². The van der Waals surface area contributed by atoms with E-state index in [0.717, 1.165) is 0 Å². The molecule has 0 aliphatic carbocycles. The van der Waals surface area contributed by atoms with Gasteiger partial charge in [0, 0.05) is 6.07 Å². The monoisotopic (exact) mass is 223 g/mol. The molecule has 0 aliphatic heterocycles. The number of halogens is 4. The number of anilines is 1. The molecular formula is C8H5F4NO2. The quantitative estimate of drug-likeness (QED) is 0.474. The molecule has 0 heterocycles. The summed E-state index contributed by atoms with van der Waals surface area (Å²) in [5.41, 5.74) is 3.99. The molecule has 1 aromatic carbocycles. The molecule has 0 saturated heterocycles. The molecule has 3 nitrogen and oxygen atoms in total. The summed E-state index contributed by atoms with van der Waals surface area (Å²) in [7, 11) is 0. The zero-order valence-electron chi connectivity index (χ0n) is 7.14. The highest BCUT2D eigenvalue weighted by Gasteiger charge is 2.32. The van der Waals surface area contributed by atoms with E-state index in [2.05, 4.69) is 4.74 Å². The van der Waals surface area contributed by atoms with Gasteiger partial charge in [-0.3, -0.25) is 4.79 Å². The van der Waals surface area contributed by atoms with Crippen LogP contribution in [0, 0.1) is 5.82 Å². The van der Waals surface area contributed by atoms with Gasteiger partial charge in [0.2, 0.25) is 0 Å². The third-order valence-electron chi connectivity index (χ3n) is 1.48. The fraction of sp³-hybridized carbons (Fsp3) is 0.125. The van der Waals surface area contributed by atoms with Crippen LogP contribution in [0.1, 0.15) is 10.4 Å². The molecule has 1 rings (SSSR count). The average Bonchev–Trinajstić information content (AvgIpc) is 2.07. The van der Waals surface area contributed by atoms with Crippen LogP contribution < -0.4 is 10.5 Å². The molecule has 0 atom stereocenters. The maximum Gasteiger partial charge on any atom is 0.573 e. The molecule has 0 aromatic heterocycles.